The maximum atomic E-state index is 11.6. The van der Waals surface area contributed by atoms with Gasteiger partial charge >= 0.3 is 0 Å². The molecular weight excluding hydrogens is 338 g/mol. The number of aromatic nitrogens is 3. The van der Waals surface area contributed by atoms with Crippen LogP contribution in [0.4, 0.5) is 5.13 Å². The van der Waals surface area contributed by atoms with E-state index in [0.717, 1.165) is 21.0 Å². The third-order valence-electron chi connectivity index (χ3n) is 4.40. The number of benzene rings is 1. The number of phenols is 1. The summed E-state index contributed by atoms with van der Waals surface area (Å²) in [6, 6.07) is 3.83. The van der Waals surface area contributed by atoms with Crippen LogP contribution in [0.15, 0.2) is 18.3 Å². The normalized spacial score (nSPS) is 17.6. The van der Waals surface area contributed by atoms with Crippen LogP contribution in [0, 0.1) is 13.8 Å². The van der Waals surface area contributed by atoms with Crippen LogP contribution in [0.3, 0.4) is 0 Å². The Morgan fingerprint density at radius 3 is 2.80 bits per heavy atom. The number of nitrogens with zero attached hydrogens (tertiary/aromatic N) is 4. The number of likely N-dealkylation sites (tertiary alicyclic amines) is 1. The summed E-state index contributed by atoms with van der Waals surface area (Å²) < 4.78 is 2.61. The van der Waals surface area contributed by atoms with E-state index in [9.17, 15) is 9.90 Å². The second-order valence-electron chi connectivity index (χ2n) is 6.55. The highest BCUT2D eigenvalue weighted by Gasteiger charge is 2.27. The van der Waals surface area contributed by atoms with Crippen LogP contribution in [0.25, 0.3) is 16.0 Å². The highest BCUT2D eigenvalue weighted by molar-refractivity contribution is 7.22. The Morgan fingerprint density at radius 2 is 2.16 bits per heavy atom. The molecule has 2 aromatic heterocycles. The Bertz CT molecular complexity index is 922. The van der Waals surface area contributed by atoms with Crippen molar-refractivity contribution in [3.8, 4) is 11.4 Å². The minimum Gasteiger partial charge on any atom is -0.506 e. The molecule has 1 saturated heterocycles. The van der Waals surface area contributed by atoms with Gasteiger partial charge in [0.15, 0.2) is 10.8 Å². The number of amides is 1. The summed E-state index contributed by atoms with van der Waals surface area (Å²) in [6.45, 7) is 4.58. The third-order valence-corrected chi connectivity index (χ3v) is 5.31. The lowest BCUT2D eigenvalue weighted by molar-refractivity contribution is -0.126. The molecular formula is C17H19N5O2S. The molecule has 0 aliphatic carbocycles. The summed E-state index contributed by atoms with van der Waals surface area (Å²) in [4.78, 5) is 17.9. The monoisotopic (exact) mass is 357 g/mol. The Labute approximate surface area is 148 Å². The number of anilines is 1. The van der Waals surface area contributed by atoms with Crippen molar-refractivity contribution in [2.45, 2.75) is 26.3 Å². The van der Waals surface area contributed by atoms with Crippen LogP contribution < -0.4 is 5.32 Å². The summed E-state index contributed by atoms with van der Waals surface area (Å²) >= 11 is 1.50. The molecule has 130 valence electrons. The number of carbonyl (C=O) groups excluding carboxylic acids is 1. The van der Waals surface area contributed by atoms with Gasteiger partial charge in [-0.05, 0) is 31.0 Å². The van der Waals surface area contributed by atoms with Gasteiger partial charge < -0.3 is 15.3 Å². The predicted octanol–water partition coefficient (Wildman–Crippen LogP) is 2.45. The topological polar surface area (TPSA) is 83.3 Å². The molecule has 0 bridgehead atoms. The van der Waals surface area contributed by atoms with Crippen LogP contribution in [-0.2, 0) is 4.79 Å². The van der Waals surface area contributed by atoms with E-state index in [-0.39, 0.29) is 17.7 Å². The standard InChI is InChI=1S/C17H19N5O2S/c1-9-4-10(2)15(12(23)5-9)22-8-13-16(20-22)19-17(25-13)18-11-6-14(24)21(3)7-11/h4-5,8,11,23H,6-7H2,1-3H3,(H,18,19,20). The van der Waals surface area contributed by atoms with Crippen molar-refractivity contribution in [2.75, 3.05) is 18.9 Å². The molecule has 0 spiro atoms. The first kappa shape index (κ1) is 15.9. The first-order valence-electron chi connectivity index (χ1n) is 8.08. The molecule has 0 saturated carbocycles. The van der Waals surface area contributed by atoms with E-state index in [1.165, 1.54) is 11.3 Å². The minimum absolute atomic E-state index is 0.0864. The highest BCUT2D eigenvalue weighted by atomic mass is 32.1. The lowest BCUT2D eigenvalue weighted by Gasteiger charge is -2.11. The number of nitrogens with one attached hydrogen (secondary N) is 1. The zero-order chi connectivity index (χ0) is 17.7. The molecule has 1 fully saturated rings. The molecule has 1 aliphatic rings. The zero-order valence-corrected chi connectivity index (χ0v) is 15.1. The molecule has 7 nitrogen and oxygen atoms in total. The zero-order valence-electron chi connectivity index (χ0n) is 14.3. The molecule has 3 aromatic rings. The average Bonchev–Trinajstić information content (AvgIpc) is 3.12. The van der Waals surface area contributed by atoms with Gasteiger partial charge in [0.05, 0.1) is 16.9 Å². The van der Waals surface area contributed by atoms with Crippen LogP contribution >= 0.6 is 11.3 Å². The van der Waals surface area contributed by atoms with Crippen molar-refractivity contribution in [3.05, 3.63) is 29.5 Å². The maximum absolute atomic E-state index is 11.6. The summed E-state index contributed by atoms with van der Waals surface area (Å²) in [5, 5.41) is 18.8. The van der Waals surface area contributed by atoms with Crippen molar-refractivity contribution in [1.29, 1.82) is 0 Å². The Kier molecular flexibility index (Phi) is 3.64. The fourth-order valence-electron chi connectivity index (χ4n) is 3.27. The second-order valence-corrected chi connectivity index (χ2v) is 7.58. The van der Waals surface area contributed by atoms with Crippen molar-refractivity contribution < 1.29 is 9.90 Å². The lowest BCUT2D eigenvalue weighted by atomic mass is 10.1. The summed E-state index contributed by atoms with van der Waals surface area (Å²) in [5.41, 5.74) is 3.27. The number of thiazole rings is 1. The first-order chi connectivity index (χ1) is 11.9. The van der Waals surface area contributed by atoms with E-state index >= 15 is 0 Å². The molecule has 25 heavy (non-hydrogen) atoms. The van der Waals surface area contributed by atoms with Crippen LogP contribution in [-0.4, -0.2) is 50.3 Å². The highest BCUT2D eigenvalue weighted by Crippen LogP contribution is 2.31. The van der Waals surface area contributed by atoms with E-state index in [1.54, 1.807) is 15.6 Å². The van der Waals surface area contributed by atoms with Crippen LogP contribution in [0.1, 0.15) is 17.5 Å². The van der Waals surface area contributed by atoms with E-state index in [2.05, 4.69) is 15.4 Å². The van der Waals surface area contributed by atoms with Crippen molar-refractivity contribution in [3.63, 3.8) is 0 Å². The fraction of sp³-hybridized carbons (Fsp3) is 0.353. The van der Waals surface area contributed by atoms with Gasteiger partial charge in [0.2, 0.25) is 5.91 Å². The average molecular weight is 357 g/mol. The van der Waals surface area contributed by atoms with Crippen LogP contribution in [0.5, 0.6) is 5.75 Å². The number of hydrogen-bond acceptors (Lipinski definition) is 6. The van der Waals surface area contributed by atoms with E-state index in [1.807, 2.05) is 33.2 Å². The number of rotatable bonds is 3. The number of likely N-dealkylation sites (N-methyl/N-ethyl adjacent to an activating group) is 1. The van der Waals surface area contributed by atoms with Crippen molar-refractivity contribution >= 4 is 32.7 Å². The molecule has 4 rings (SSSR count). The number of carbonyl (C=O) groups is 1. The Morgan fingerprint density at radius 1 is 1.36 bits per heavy atom. The molecule has 0 radical (unpaired) electrons. The predicted molar refractivity (Wildman–Crippen MR) is 97.5 cm³/mol. The van der Waals surface area contributed by atoms with Crippen LogP contribution in [0.2, 0.25) is 0 Å². The van der Waals surface area contributed by atoms with Gasteiger partial charge in [0.1, 0.15) is 11.4 Å². The van der Waals surface area contributed by atoms with Crippen molar-refractivity contribution in [1.82, 2.24) is 19.7 Å². The minimum atomic E-state index is 0.0864. The largest absolute Gasteiger partial charge is 0.506 e. The fourth-order valence-corrected chi connectivity index (χ4v) is 4.16. The second kappa shape index (κ2) is 5.73. The molecule has 1 aromatic carbocycles. The van der Waals surface area contributed by atoms with E-state index in [0.29, 0.717) is 24.3 Å². The van der Waals surface area contributed by atoms with Gasteiger partial charge in [-0.3, -0.25) is 4.79 Å². The van der Waals surface area contributed by atoms with Crippen molar-refractivity contribution in [2.24, 2.45) is 0 Å². The smallest absolute Gasteiger partial charge is 0.224 e. The third kappa shape index (κ3) is 2.82. The van der Waals surface area contributed by atoms with E-state index in [4.69, 9.17) is 0 Å². The van der Waals surface area contributed by atoms with Gasteiger partial charge in [0, 0.05) is 20.0 Å². The first-order valence-corrected chi connectivity index (χ1v) is 8.89. The number of fused-ring (bicyclic) bond motifs is 1. The number of hydrogen-bond donors (Lipinski definition) is 2. The molecule has 8 heteroatoms. The number of aryl methyl sites for hydroxylation is 2. The molecule has 1 amide bonds. The molecule has 2 N–H and O–H groups in total. The summed E-state index contributed by atoms with van der Waals surface area (Å²) in [6.07, 6.45) is 2.37. The quantitative estimate of drug-likeness (QED) is 0.752. The molecule has 3 heterocycles. The van der Waals surface area contributed by atoms with Gasteiger partial charge in [-0.15, -0.1) is 5.10 Å². The number of aromatic hydroxyl groups is 1. The lowest BCUT2D eigenvalue weighted by Crippen LogP contribution is -2.24. The molecule has 1 aliphatic heterocycles. The molecule has 1 unspecified atom stereocenters. The van der Waals surface area contributed by atoms with Gasteiger partial charge in [-0.25, -0.2) is 4.68 Å². The number of phenolic OH excluding ortho intramolecular Hbond substituents is 1. The van der Waals surface area contributed by atoms with Gasteiger partial charge in [-0.2, -0.15) is 4.98 Å². The Hall–Kier alpha value is -2.61. The van der Waals surface area contributed by atoms with Gasteiger partial charge in [-0.1, -0.05) is 17.4 Å². The van der Waals surface area contributed by atoms with E-state index < -0.39 is 0 Å². The van der Waals surface area contributed by atoms with Gasteiger partial charge in [0.25, 0.3) is 0 Å². The maximum Gasteiger partial charge on any atom is 0.224 e. The Balaban J connectivity index is 1.61. The molecule has 1 atom stereocenters. The summed E-state index contributed by atoms with van der Waals surface area (Å²) in [7, 11) is 1.81. The SMILES string of the molecule is Cc1cc(C)c(-n2cc3sc(NC4CC(=O)N(C)C4)nc3n2)c(O)c1. The summed E-state index contributed by atoms with van der Waals surface area (Å²) in [5.74, 6) is 0.354.